The molecule has 0 spiro atoms. The van der Waals surface area contributed by atoms with E-state index in [0.717, 1.165) is 14.5 Å². The van der Waals surface area contributed by atoms with Crippen molar-refractivity contribution in [2.45, 2.75) is 20.8 Å². The Kier molecular flexibility index (Phi) is 9.80. The minimum absolute atomic E-state index is 0.0564. The van der Waals surface area contributed by atoms with Gasteiger partial charge < -0.3 is 20.1 Å². The fourth-order valence-corrected chi connectivity index (χ4v) is 4.49. The smallest absolute Gasteiger partial charge is 0.238 e. The Morgan fingerprint density at radius 3 is 2.03 bits per heavy atom. The molecule has 0 unspecified atom stereocenters. The van der Waals surface area contributed by atoms with E-state index in [0.29, 0.717) is 36.1 Å². The van der Waals surface area contributed by atoms with Crippen LogP contribution in [0.2, 0.25) is 0 Å². The average molecular weight is 557 g/mol. The Balaban J connectivity index is 1.92. The van der Waals surface area contributed by atoms with Crippen molar-refractivity contribution in [3.05, 3.63) is 44.8 Å². The molecule has 0 saturated carbocycles. The van der Waals surface area contributed by atoms with Gasteiger partial charge in [0.15, 0.2) is 11.5 Å². The summed E-state index contributed by atoms with van der Waals surface area (Å²) in [6.07, 6.45) is 0. The Bertz CT molecular complexity index is 914. The molecule has 0 atom stereocenters. The SMILES string of the molecule is CCOc1ccc(NC(=O)CN(C)CC(=O)Nc2c(Br)cc(C)cc2Br)cc1OCC. The zero-order chi connectivity index (χ0) is 23.0. The first kappa shape index (κ1) is 25.2. The van der Waals surface area contributed by atoms with E-state index >= 15 is 0 Å². The van der Waals surface area contributed by atoms with Crippen LogP contribution in [0.5, 0.6) is 11.5 Å². The van der Waals surface area contributed by atoms with Gasteiger partial charge in [0.2, 0.25) is 11.8 Å². The molecule has 0 radical (unpaired) electrons. The molecule has 0 aliphatic heterocycles. The molecule has 2 N–H and O–H groups in total. The molecule has 31 heavy (non-hydrogen) atoms. The van der Waals surface area contributed by atoms with E-state index in [1.807, 2.05) is 32.9 Å². The van der Waals surface area contributed by atoms with Crippen LogP contribution in [0.4, 0.5) is 11.4 Å². The molecule has 168 valence electrons. The topological polar surface area (TPSA) is 79.9 Å². The summed E-state index contributed by atoms with van der Waals surface area (Å²) in [5.41, 5.74) is 2.32. The average Bonchev–Trinajstić information content (AvgIpc) is 2.66. The minimum atomic E-state index is -0.236. The summed E-state index contributed by atoms with van der Waals surface area (Å²) in [6.45, 7) is 6.88. The maximum Gasteiger partial charge on any atom is 0.238 e. The van der Waals surface area contributed by atoms with Crippen molar-refractivity contribution in [2.75, 3.05) is 44.0 Å². The second-order valence-electron chi connectivity index (χ2n) is 6.90. The molecule has 2 amide bonds. The van der Waals surface area contributed by atoms with Gasteiger partial charge >= 0.3 is 0 Å². The molecule has 0 aliphatic carbocycles. The number of nitrogens with one attached hydrogen (secondary N) is 2. The molecule has 0 fully saturated rings. The summed E-state index contributed by atoms with van der Waals surface area (Å²) in [5, 5.41) is 5.69. The third-order valence-corrected chi connectivity index (χ3v) is 5.36. The van der Waals surface area contributed by atoms with Crippen LogP contribution in [0.25, 0.3) is 0 Å². The molecule has 2 aromatic carbocycles. The van der Waals surface area contributed by atoms with Gasteiger partial charge in [-0.05, 0) is 89.5 Å². The number of halogens is 2. The van der Waals surface area contributed by atoms with Crippen LogP contribution in [0.1, 0.15) is 19.4 Å². The summed E-state index contributed by atoms with van der Waals surface area (Å²) in [4.78, 5) is 26.5. The molecular weight excluding hydrogens is 530 g/mol. The predicted molar refractivity (Wildman–Crippen MR) is 130 cm³/mol. The third kappa shape index (κ3) is 7.83. The van der Waals surface area contributed by atoms with Crippen LogP contribution in [0, 0.1) is 6.92 Å². The van der Waals surface area contributed by atoms with Crippen molar-refractivity contribution in [1.82, 2.24) is 4.90 Å². The van der Waals surface area contributed by atoms with Gasteiger partial charge in [0.1, 0.15) is 0 Å². The molecule has 0 saturated heterocycles. The number of likely N-dealkylation sites (N-methyl/N-ethyl adjacent to an activating group) is 1. The van der Waals surface area contributed by atoms with Crippen LogP contribution in [-0.2, 0) is 9.59 Å². The molecule has 0 bridgehead atoms. The van der Waals surface area contributed by atoms with E-state index in [-0.39, 0.29) is 24.9 Å². The number of hydrogen-bond donors (Lipinski definition) is 2. The molecule has 7 nitrogen and oxygen atoms in total. The summed E-state index contributed by atoms with van der Waals surface area (Å²) < 4.78 is 12.7. The van der Waals surface area contributed by atoms with Gasteiger partial charge in [-0.2, -0.15) is 0 Å². The number of aryl methyl sites for hydroxylation is 1. The van der Waals surface area contributed by atoms with Gasteiger partial charge in [-0.1, -0.05) is 0 Å². The second kappa shape index (κ2) is 12.1. The zero-order valence-electron chi connectivity index (χ0n) is 18.1. The summed E-state index contributed by atoms with van der Waals surface area (Å²) in [5.74, 6) is 0.744. The Morgan fingerprint density at radius 2 is 1.45 bits per heavy atom. The summed E-state index contributed by atoms with van der Waals surface area (Å²) in [7, 11) is 1.71. The molecule has 0 heterocycles. The van der Waals surface area contributed by atoms with E-state index in [1.54, 1.807) is 30.1 Å². The van der Waals surface area contributed by atoms with E-state index < -0.39 is 0 Å². The second-order valence-corrected chi connectivity index (χ2v) is 8.61. The number of rotatable bonds is 10. The first-order valence-electron chi connectivity index (χ1n) is 9.87. The monoisotopic (exact) mass is 555 g/mol. The number of hydrogen-bond acceptors (Lipinski definition) is 5. The van der Waals surface area contributed by atoms with E-state index in [9.17, 15) is 9.59 Å². The molecule has 0 aliphatic rings. The number of carbonyl (C=O) groups is 2. The fraction of sp³-hybridized carbons (Fsp3) is 0.364. The van der Waals surface area contributed by atoms with Crippen LogP contribution in [0.3, 0.4) is 0 Å². The number of ether oxygens (including phenoxy) is 2. The highest BCUT2D eigenvalue weighted by Crippen LogP contribution is 2.32. The summed E-state index contributed by atoms with van der Waals surface area (Å²) >= 11 is 6.92. The lowest BCUT2D eigenvalue weighted by atomic mass is 10.2. The van der Waals surface area contributed by atoms with Crippen molar-refractivity contribution < 1.29 is 19.1 Å². The molecule has 2 aromatic rings. The van der Waals surface area contributed by atoms with E-state index in [4.69, 9.17) is 9.47 Å². The number of carbonyl (C=O) groups excluding carboxylic acids is 2. The highest BCUT2D eigenvalue weighted by Gasteiger charge is 2.15. The third-order valence-electron chi connectivity index (χ3n) is 4.11. The van der Waals surface area contributed by atoms with E-state index in [1.165, 1.54) is 0 Å². The van der Waals surface area contributed by atoms with Crippen LogP contribution in [-0.4, -0.2) is 50.1 Å². The highest BCUT2D eigenvalue weighted by atomic mass is 79.9. The number of anilines is 2. The first-order chi connectivity index (χ1) is 14.7. The molecule has 0 aromatic heterocycles. The Hall–Kier alpha value is -2.10. The van der Waals surface area contributed by atoms with Gasteiger partial charge in [-0.25, -0.2) is 0 Å². The summed E-state index contributed by atoms with van der Waals surface area (Å²) in [6, 6.07) is 9.09. The Labute approximate surface area is 199 Å². The number of benzene rings is 2. The lowest BCUT2D eigenvalue weighted by Gasteiger charge is -2.18. The zero-order valence-corrected chi connectivity index (χ0v) is 21.2. The van der Waals surface area contributed by atoms with E-state index in [2.05, 4.69) is 42.5 Å². The standard InChI is InChI=1S/C22H27Br2N3O4/c1-5-30-18-8-7-15(11-19(18)31-6-2)25-20(28)12-27(4)13-21(29)26-22-16(23)9-14(3)10-17(22)24/h7-11H,5-6,12-13H2,1-4H3,(H,25,28)(H,26,29). The fourth-order valence-electron chi connectivity index (χ4n) is 2.87. The largest absolute Gasteiger partial charge is 0.490 e. The van der Waals surface area contributed by atoms with Gasteiger partial charge in [-0.3, -0.25) is 14.5 Å². The maximum absolute atomic E-state index is 12.4. The van der Waals surface area contributed by atoms with Gasteiger partial charge in [0, 0.05) is 20.7 Å². The van der Waals surface area contributed by atoms with Crippen molar-refractivity contribution in [3.8, 4) is 11.5 Å². The Morgan fingerprint density at radius 1 is 0.903 bits per heavy atom. The predicted octanol–water partition coefficient (Wildman–Crippen LogP) is 4.83. The van der Waals surface area contributed by atoms with Crippen LogP contribution in [0.15, 0.2) is 39.3 Å². The van der Waals surface area contributed by atoms with Crippen LogP contribution < -0.4 is 20.1 Å². The van der Waals surface area contributed by atoms with Crippen LogP contribution >= 0.6 is 31.9 Å². The lowest BCUT2D eigenvalue weighted by molar-refractivity contribution is -0.119. The van der Waals surface area contributed by atoms with Crippen molar-refractivity contribution in [3.63, 3.8) is 0 Å². The first-order valence-corrected chi connectivity index (χ1v) is 11.5. The van der Waals surface area contributed by atoms with Gasteiger partial charge in [-0.15, -0.1) is 0 Å². The quantitative estimate of drug-likeness (QED) is 0.438. The van der Waals surface area contributed by atoms with Crippen molar-refractivity contribution in [2.24, 2.45) is 0 Å². The number of amides is 2. The van der Waals surface area contributed by atoms with Gasteiger partial charge in [0.05, 0.1) is 32.0 Å². The maximum atomic E-state index is 12.4. The van der Waals surface area contributed by atoms with Crippen molar-refractivity contribution >= 4 is 55.0 Å². The van der Waals surface area contributed by atoms with Gasteiger partial charge in [0.25, 0.3) is 0 Å². The molecular formula is C22H27Br2N3O4. The number of nitrogens with zero attached hydrogens (tertiary/aromatic N) is 1. The lowest BCUT2D eigenvalue weighted by Crippen LogP contribution is -2.36. The van der Waals surface area contributed by atoms with Crippen molar-refractivity contribution in [1.29, 1.82) is 0 Å². The molecule has 9 heteroatoms. The molecule has 2 rings (SSSR count). The normalized spacial score (nSPS) is 10.7. The highest BCUT2D eigenvalue weighted by molar-refractivity contribution is 9.11. The minimum Gasteiger partial charge on any atom is -0.490 e.